The van der Waals surface area contributed by atoms with Crippen molar-refractivity contribution in [2.24, 2.45) is 0 Å². The van der Waals surface area contributed by atoms with Gasteiger partial charge in [-0.15, -0.1) is 11.3 Å². The molecule has 0 bridgehead atoms. The molecule has 146 valence electrons. The Hall–Kier alpha value is -1.77. The standard InChI is InChI=1S/C19H28N6OS/c1-3-4-17-21-16-5-6-24(13-15(16)18(26)22-17)12-14-11-20-19(27-14)25-9-7-23(2)8-10-25/h11H,3-10,12-13H2,1-2H3,(H,21,22,26). The maximum absolute atomic E-state index is 12.5. The summed E-state index contributed by atoms with van der Waals surface area (Å²) in [6, 6.07) is 0. The molecule has 2 aromatic heterocycles. The summed E-state index contributed by atoms with van der Waals surface area (Å²) in [5.74, 6) is 0.828. The molecule has 0 saturated carbocycles. The maximum Gasteiger partial charge on any atom is 0.255 e. The zero-order valence-corrected chi connectivity index (χ0v) is 17.0. The summed E-state index contributed by atoms with van der Waals surface area (Å²) in [5, 5.41) is 1.12. The molecule has 7 nitrogen and oxygen atoms in total. The third kappa shape index (κ3) is 4.23. The van der Waals surface area contributed by atoms with E-state index in [1.165, 1.54) is 4.88 Å². The second kappa shape index (κ2) is 8.08. The molecule has 2 aliphatic heterocycles. The van der Waals surface area contributed by atoms with Crippen LogP contribution in [0, 0.1) is 0 Å². The van der Waals surface area contributed by atoms with Crippen LogP contribution in [0.5, 0.6) is 0 Å². The van der Waals surface area contributed by atoms with Crippen LogP contribution in [0.1, 0.15) is 35.3 Å². The quantitative estimate of drug-likeness (QED) is 0.837. The summed E-state index contributed by atoms with van der Waals surface area (Å²) in [5.41, 5.74) is 1.86. The van der Waals surface area contributed by atoms with E-state index in [2.05, 4.69) is 43.6 Å². The first kappa shape index (κ1) is 18.6. The van der Waals surface area contributed by atoms with E-state index < -0.39 is 0 Å². The van der Waals surface area contributed by atoms with Crippen molar-refractivity contribution in [3.05, 3.63) is 38.5 Å². The van der Waals surface area contributed by atoms with Crippen LogP contribution in [-0.2, 0) is 25.9 Å². The molecule has 1 fully saturated rings. The van der Waals surface area contributed by atoms with E-state index in [0.717, 1.165) is 80.7 Å². The van der Waals surface area contributed by atoms with Crippen molar-refractivity contribution in [2.75, 3.05) is 44.7 Å². The van der Waals surface area contributed by atoms with Gasteiger partial charge in [-0.25, -0.2) is 9.97 Å². The molecule has 1 saturated heterocycles. The first-order valence-corrected chi connectivity index (χ1v) is 10.7. The molecule has 2 aromatic rings. The van der Waals surface area contributed by atoms with Crippen molar-refractivity contribution in [3.63, 3.8) is 0 Å². The monoisotopic (exact) mass is 388 g/mol. The van der Waals surface area contributed by atoms with Crippen molar-refractivity contribution in [1.29, 1.82) is 0 Å². The van der Waals surface area contributed by atoms with Gasteiger partial charge in [0.15, 0.2) is 5.13 Å². The molecule has 2 aliphatic rings. The molecular weight excluding hydrogens is 360 g/mol. The first-order valence-electron chi connectivity index (χ1n) is 9.84. The fraction of sp³-hybridized carbons (Fsp3) is 0.632. The van der Waals surface area contributed by atoms with Crippen LogP contribution >= 0.6 is 11.3 Å². The fourth-order valence-corrected chi connectivity index (χ4v) is 4.76. The lowest BCUT2D eigenvalue weighted by Gasteiger charge is -2.32. The van der Waals surface area contributed by atoms with Crippen LogP contribution in [0.3, 0.4) is 0 Å². The average Bonchev–Trinajstić information content (AvgIpc) is 3.12. The normalized spacial score (nSPS) is 18.7. The van der Waals surface area contributed by atoms with Gasteiger partial charge in [-0.05, 0) is 13.5 Å². The highest BCUT2D eigenvalue weighted by atomic mass is 32.1. The maximum atomic E-state index is 12.5. The van der Waals surface area contributed by atoms with Crippen molar-refractivity contribution in [3.8, 4) is 0 Å². The molecule has 0 atom stereocenters. The summed E-state index contributed by atoms with van der Waals surface area (Å²) >= 11 is 1.78. The second-order valence-electron chi connectivity index (χ2n) is 7.55. The number of rotatable bonds is 5. The predicted molar refractivity (Wildman–Crippen MR) is 108 cm³/mol. The van der Waals surface area contributed by atoms with Gasteiger partial charge in [0.05, 0.1) is 11.3 Å². The molecule has 0 radical (unpaired) electrons. The van der Waals surface area contributed by atoms with E-state index in [1.807, 2.05) is 6.20 Å². The summed E-state index contributed by atoms with van der Waals surface area (Å²) in [7, 11) is 2.17. The number of aromatic nitrogens is 3. The smallest absolute Gasteiger partial charge is 0.255 e. The van der Waals surface area contributed by atoms with Gasteiger partial charge in [-0.2, -0.15) is 0 Å². The number of anilines is 1. The van der Waals surface area contributed by atoms with E-state index in [0.29, 0.717) is 6.54 Å². The average molecular weight is 389 g/mol. The molecule has 4 rings (SSSR count). The largest absolute Gasteiger partial charge is 0.346 e. The number of likely N-dealkylation sites (N-methyl/N-ethyl adjacent to an activating group) is 1. The van der Waals surface area contributed by atoms with Crippen LogP contribution in [-0.4, -0.2) is 64.5 Å². The Morgan fingerprint density at radius 1 is 1.22 bits per heavy atom. The topological polar surface area (TPSA) is 68.4 Å². The molecule has 4 heterocycles. The number of aryl methyl sites for hydroxylation is 1. The van der Waals surface area contributed by atoms with Crippen molar-refractivity contribution in [2.45, 2.75) is 39.3 Å². The predicted octanol–water partition coefficient (Wildman–Crippen LogP) is 1.49. The molecule has 0 unspecified atom stereocenters. The lowest BCUT2D eigenvalue weighted by atomic mass is 10.1. The van der Waals surface area contributed by atoms with E-state index >= 15 is 0 Å². The lowest BCUT2D eigenvalue weighted by molar-refractivity contribution is 0.243. The van der Waals surface area contributed by atoms with E-state index in [4.69, 9.17) is 0 Å². The lowest BCUT2D eigenvalue weighted by Crippen LogP contribution is -2.44. The van der Waals surface area contributed by atoms with Crippen LogP contribution in [0.4, 0.5) is 5.13 Å². The third-order valence-corrected chi connectivity index (χ3v) is 6.42. The highest BCUT2D eigenvalue weighted by molar-refractivity contribution is 7.15. The van der Waals surface area contributed by atoms with Gasteiger partial charge in [0.2, 0.25) is 0 Å². The Bertz CT molecular complexity index is 839. The molecule has 0 aromatic carbocycles. The van der Waals surface area contributed by atoms with Gasteiger partial charge in [-0.3, -0.25) is 9.69 Å². The number of H-pyrrole nitrogens is 1. The minimum atomic E-state index is 0.0376. The Balaban J connectivity index is 1.41. The molecule has 0 aliphatic carbocycles. The SMILES string of the molecule is CCCc1nc2c(c(=O)[nH]1)CN(Cc1cnc(N3CCN(C)CC3)s1)CC2. The number of aromatic amines is 1. The number of fused-ring (bicyclic) bond motifs is 1. The number of thiazole rings is 1. The minimum absolute atomic E-state index is 0.0376. The van der Waals surface area contributed by atoms with Crippen molar-refractivity contribution < 1.29 is 0 Å². The van der Waals surface area contributed by atoms with Gasteiger partial charge in [-0.1, -0.05) is 6.92 Å². The van der Waals surface area contributed by atoms with E-state index in [-0.39, 0.29) is 5.56 Å². The zero-order valence-electron chi connectivity index (χ0n) is 16.2. The molecule has 27 heavy (non-hydrogen) atoms. The summed E-state index contributed by atoms with van der Waals surface area (Å²) in [4.78, 5) is 33.1. The molecule has 8 heteroatoms. The number of hydrogen-bond acceptors (Lipinski definition) is 7. The second-order valence-corrected chi connectivity index (χ2v) is 8.64. The molecular formula is C19H28N6OS. The Morgan fingerprint density at radius 2 is 2.04 bits per heavy atom. The van der Waals surface area contributed by atoms with Crippen LogP contribution < -0.4 is 10.5 Å². The summed E-state index contributed by atoms with van der Waals surface area (Å²) < 4.78 is 0. The van der Waals surface area contributed by atoms with E-state index in [9.17, 15) is 4.79 Å². The third-order valence-electron chi connectivity index (χ3n) is 5.38. The van der Waals surface area contributed by atoms with Crippen LogP contribution in [0.2, 0.25) is 0 Å². The highest BCUT2D eigenvalue weighted by Crippen LogP contribution is 2.26. The Labute approximate surface area is 164 Å². The van der Waals surface area contributed by atoms with Gasteiger partial charge in [0.1, 0.15) is 5.82 Å². The van der Waals surface area contributed by atoms with Crippen molar-refractivity contribution in [1.82, 2.24) is 24.8 Å². The molecule has 0 spiro atoms. The Kier molecular flexibility index (Phi) is 5.56. The summed E-state index contributed by atoms with van der Waals surface area (Å²) in [6.45, 7) is 8.83. The first-order chi connectivity index (χ1) is 13.1. The number of nitrogens with one attached hydrogen (secondary N) is 1. The molecule has 1 N–H and O–H groups in total. The van der Waals surface area contributed by atoms with E-state index in [1.54, 1.807) is 11.3 Å². The molecule has 0 amide bonds. The van der Waals surface area contributed by atoms with Gasteiger partial charge < -0.3 is 14.8 Å². The van der Waals surface area contributed by atoms with Gasteiger partial charge >= 0.3 is 0 Å². The zero-order chi connectivity index (χ0) is 18.8. The van der Waals surface area contributed by atoms with Crippen LogP contribution in [0.25, 0.3) is 0 Å². The van der Waals surface area contributed by atoms with Gasteiger partial charge in [0.25, 0.3) is 5.56 Å². The minimum Gasteiger partial charge on any atom is -0.346 e. The Morgan fingerprint density at radius 3 is 2.81 bits per heavy atom. The highest BCUT2D eigenvalue weighted by Gasteiger charge is 2.22. The van der Waals surface area contributed by atoms with Gasteiger partial charge in [0, 0.05) is 69.7 Å². The van der Waals surface area contributed by atoms with Crippen LogP contribution in [0.15, 0.2) is 11.0 Å². The van der Waals surface area contributed by atoms with Crippen molar-refractivity contribution >= 4 is 16.5 Å². The number of hydrogen-bond donors (Lipinski definition) is 1. The number of nitrogens with zero attached hydrogens (tertiary/aromatic N) is 5. The number of piperazine rings is 1. The fourth-order valence-electron chi connectivity index (χ4n) is 3.76. The summed E-state index contributed by atoms with van der Waals surface area (Å²) in [6.07, 6.45) is 4.68.